The van der Waals surface area contributed by atoms with Crippen molar-refractivity contribution in [1.29, 1.82) is 0 Å². The van der Waals surface area contributed by atoms with E-state index in [-0.39, 0.29) is 17.4 Å². The van der Waals surface area contributed by atoms with E-state index in [1.54, 1.807) is 24.3 Å². The van der Waals surface area contributed by atoms with Gasteiger partial charge in [-0.05, 0) is 31.4 Å². The second-order valence-electron chi connectivity index (χ2n) is 5.46. The van der Waals surface area contributed by atoms with Gasteiger partial charge in [0.25, 0.3) is 0 Å². The summed E-state index contributed by atoms with van der Waals surface area (Å²) in [5, 5.41) is 21.5. The van der Waals surface area contributed by atoms with Gasteiger partial charge in [0.2, 0.25) is 0 Å². The van der Waals surface area contributed by atoms with E-state index in [1.807, 2.05) is 6.07 Å². The van der Waals surface area contributed by atoms with E-state index in [9.17, 15) is 15.1 Å². The number of benzene rings is 1. The molecule has 6 heteroatoms. The van der Waals surface area contributed by atoms with Gasteiger partial charge in [-0.2, -0.15) is 0 Å². The molecule has 1 aromatic carbocycles. The maximum atomic E-state index is 12.5. The number of Topliss-reactive ketones (excluding diaryl/α,β-unsaturated/α-hetero) is 1. The van der Waals surface area contributed by atoms with Crippen LogP contribution in [0.5, 0.6) is 0 Å². The lowest BCUT2D eigenvalue weighted by molar-refractivity contribution is -0.161. The largest absolute Gasteiger partial charge is 0.783 e. The molecule has 1 saturated carbocycles. The first-order valence-corrected chi connectivity index (χ1v) is 7.16. The molecule has 3 unspecified atom stereocenters. The highest BCUT2D eigenvalue weighted by atomic mass is 31.0. The molecule has 0 aliphatic heterocycles. The lowest BCUT2D eigenvalue weighted by Crippen LogP contribution is -2.69. The van der Waals surface area contributed by atoms with Gasteiger partial charge in [-0.3, -0.25) is 4.79 Å². The first kappa shape index (κ1) is 15.5. The van der Waals surface area contributed by atoms with Crippen molar-refractivity contribution in [3.63, 3.8) is 0 Å². The van der Waals surface area contributed by atoms with E-state index < -0.39 is 16.8 Å². The zero-order chi connectivity index (χ0) is 15.0. The average molecular weight is 295 g/mol. The Bertz CT molecular complexity index is 488. The van der Waals surface area contributed by atoms with Crippen LogP contribution < -0.4 is 5.73 Å². The third-order valence-electron chi connectivity index (χ3n) is 3.91. The minimum atomic E-state index is -2.23. The summed E-state index contributed by atoms with van der Waals surface area (Å²) in [6, 6.07) is 9.01. The Morgan fingerprint density at radius 2 is 2.05 bits per heavy atom. The molecule has 0 aromatic heterocycles. The van der Waals surface area contributed by atoms with Gasteiger partial charge in [0.15, 0.2) is 11.5 Å². The molecular formula is C14H20N2O3P-. The van der Waals surface area contributed by atoms with E-state index in [4.69, 9.17) is 5.73 Å². The first-order valence-electron chi connectivity index (χ1n) is 6.58. The van der Waals surface area contributed by atoms with Crippen molar-refractivity contribution in [3.05, 3.63) is 41.1 Å². The monoisotopic (exact) mass is 295 g/mol. The minimum Gasteiger partial charge on any atom is -0.783 e. The van der Waals surface area contributed by atoms with Crippen molar-refractivity contribution in [2.75, 3.05) is 7.05 Å². The molecule has 0 heterocycles. The number of rotatable bonds is 6. The molecule has 2 rings (SSSR count). The molecule has 20 heavy (non-hydrogen) atoms. The van der Waals surface area contributed by atoms with Gasteiger partial charge < -0.3 is 21.1 Å². The SMILES string of the molecule is CN([O-])C(O)(C(=O)Cc1ccccc1)C(N)(P)C1CC1. The Morgan fingerprint density at radius 3 is 2.50 bits per heavy atom. The normalized spacial score (nSPS) is 21.3. The highest BCUT2D eigenvalue weighted by Crippen LogP contribution is 2.48. The van der Waals surface area contributed by atoms with Crippen LogP contribution in [0.3, 0.4) is 0 Å². The quantitative estimate of drug-likeness (QED) is 0.461. The van der Waals surface area contributed by atoms with Gasteiger partial charge in [0.1, 0.15) is 0 Å². The number of hydroxylamine groups is 2. The van der Waals surface area contributed by atoms with Crippen LogP contribution in [0, 0.1) is 11.1 Å². The van der Waals surface area contributed by atoms with Gasteiger partial charge in [-0.15, -0.1) is 9.24 Å². The smallest absolute Gasteiger partial charge is 0.189 e. The molecule has 1 fully saturated rings. The number of carbonyl (C=O) groups is 1. The van der Waals surface area contributed by atoms with Crippen LogP contribution in [0.15, 0.2) is 30.3 Å². The molecule has 0 bridgehead atoms. The van der Waals surface area contributed by atoms with Crippen LogP contribution in [0.1, 0.15) is 18.4 Å². The molecule has 5 nitrogen and oxygen atoms in total. The molecular weight excluding hydrogens is 275 g/mol. The van der Waals surface area contributed by atoms with Gasteiger partial charge in [0.05, 0.1) is 5.28 Å². The van der Waals surface area contributed by atoms with E-state index in [2.05, 4.69) is 9.24 Å². The second kappa shape index (κ2) is 5.51. The number of hydrogen-bond acceptors (Lipinski definition) is 5. The van der Waals surface area contributed by atoms with Gasteiger partial charge in [-0.1, -0.05) is 30.3 Å². The van der Waals surface area contributed by atoms with Crippen LogP contribution in [0.25, 0.3) is 0 Å². The Labute approximate surface area is 120 Å². The number of likely N-dealkylation sites (N-methyl/N-ethyl adjacent to an activating group) is 1. The Morgan fingerprint density at radius 1 is 1.50 bits per heavy atom. The van der Waals surface area contributed by atoms with E-state index >= 15 is 0 Å². The maximum absolute atomic E-state index is 12.5. The molecule has 0 radical (unpaired) electrons. The van der Waals surface area contributed by atoms with Crippen LogP contribution in [0.4, 0.5) is 0 Å². The van der Waals surface area contributed by atoms with Crippen molar-refractivity contribution >= 4 is 15.0 Å². The lowest BCUT2D eigenvalue weighted by atomic mass is 9.90. The summed E-state index contributed by atoms with van der Waals surface area (Å²) in [6.45, 7) is 0. The zero-order valence-electron chi connectivity index (χ0n) is 11.5. The minimum absolute atomic E-state index is 0.0238. The van der Waals surface area contributed by atoms with Crippen molar-refractivity contribution in [2.45, 2.75) is 30.3 Å². The van der Waals surface area contributed by atoms with Gasteiger partial charge in [0, 0.05) is 6.42 Å². The number of nitrogens with two attached hydrogens (primary N) is 1. The Balaban J connectivity index is 2.26. The fraction of sp³-hybridized carbons (Fsp3) is 0.500. The van der Waals surface area contributed by atoms with Crippen LogP contribution >= 0.6 is 9.24 Å². The number of ketones is 1. The van der Waals surface area contributed by atoms with Crippen LogP contribution in [0.2, 0.25) is 0 Å². The molecule has 1 aliphatic rings. The summed E-state index contributed by atoms with van der Waals surface area (Å²) in [4.78, 5) is 12.5. The first-order chi connectivity index (χ1) is 9.30. The summed E-state index contributed by atoms with van der Waals surface area (Å²) < 4.78 is 0. The van der Waals surface area contributed by atoms with Crippen LogP contribution in [-0.4, -0.2) is 34.0 Å². The van der Waals surface area contributed by atoms with Crippen LogP contribution in [-0.2, 0) is 11.2 Å². The van der Waals surface area contributed by atoms with Gasteiger partial charge in [-0.25, -0.2) is 0 Å². The van der Waals surface area contributed by atoms with Crippen molar-refractivity contribution in [1.82, 2.24) is 5.06 Å². The molecule has 110 valence electrons. The van der Waals surface area contributed by atoms with Crippen molar-refractivity contribution in [2.24, 2.45) is 11.7 Å². The number of aliphatic hydroxyl groups is 1. The topological polar surface area (TPSA) is 89.6 Å². The zero-order valence-corrected chi connectivity index (χ0v) is 12.6. The molecule has 1 aliphatic carbocycles. The summed E-state index contributed by atoms with van der Waals surface area (Å²) in [5.74, 6) is -0.612. The van der Waals surface area contributed by atoms with Gasteiger partial charge >= 0.3 is 0 Å². The standard InChI is InChI=1S/C14H20N2O3P/c1-16(19)14(18,13(15,20)11-7-8-11)12(17)9-10-5-3-2-4-6-10/h2-6,11,18H,7-9,15,20H2,1H3/q-1. The summed E-state index contributed by atoms with van der Waals surface area (Å²) in [5.41, 5.74) is 4.62. The third-order valence-corrected chi connectivity index (χ3v) is 4.78. The summed E-state index contributed by atoms with van der Waals surface area (Å²) >= 11 is 0. The average Bonchev–Trinajstić information content (AvgIpc) is 3.22. The molecule has 0 spiro atoms. The third kappa shape index (κ3) is 2.65. The summed E-state index contributed by atoms with van der Waals surface area (Å²) in [6.07, 6.45) is 1.60. The fourth-order valence-corrected chi connectivity index (χ4v) is 3.12. The molecule has 1 aromatic rings. The van der Waals surface area contributed by atoms with E-state index in [0.29, 0.717) is 0 Å². The molecule has 3 atom stereocenters. The Kier molecular flexibility index (Phi) is 4.28. The van der Waals surface area contributed by atoms with Crippen molar-refractivity contribution in [3.8, 4) is 0 Å². The molecule has 3 N–H and O–H groups in total. The van der Waals surface area contributed by atoms with E-state index in [0.717, 1.165) is 25.5 Å². The Hall–Kier alpha value is -0.840. The predicted octanol–water partition coefficient (Wildman–Crippen LogP) is 0.856. The molecule has 0 amide bonds. The highest BCUT2D eigenvalue weighted by molar-refractivity contribution is 7.19. The fourth-order valence-electron chi connectivity index (χ4n) is 2.44. The highest BCUT2D eigenvalue weighted by Gasteiger charge is 2.57. The summed E-state index contributed by atoms with van der Waals surface area (Å²) in [7, 11) is 3.44. The lowest BCUT2D eigenvalue weighted by Gasteiger charge is -2.50. The van der Waals surface area contributed by atoms with E-state index in [1.165, 1.54) is 0 Å². The number of hydrogen-bond donors (Lipinski definition) is 2. The maximum Gasteiger partial charge on any atom is 0.189 e. The predicted molar refractivity (Wildman–Crippen MR) is 80.6 cm³/mol. The number of nitrogens with zero attached hydrogens (tertiary/aromatic N) is 1. The van der Waals surface area contributed by atoms with Crippen molar-refractivity contribution < 1.29 is 9.90 Å². The second-order valence-corrected chi connectivity index (χ2v) is 6.42. The molecule has 0 saturated heterocycles. The number of carbonyl (C=O) groups excluding carboxylic acids is 1.